The van der Waals surface area contributed by atoms with Gasteiger partial charge in [0.25, 0.3) is 0 Å². The number of fused-ring (bicyclic) bond motifs is 1. The minimum Gasteiger partial charge on any atom is -0.332 e. The first-order valence-electron chi connectivity index (χ1n) is 11.4. The van der Waals surface area contributed by atoms with Crippen LogP contribution in [0, 0.1) is 5.41 Å². The number of hydrogen-bond donors (Lipinski definition) is 1. The summed E-state index contributed by atoms with van der Waals surface area (Å²) in [5.74, 6) is 0. The van der Waals surface area contributed by atoms with E-state index in [1.807, 2.05) is 4.90 Å². The number of carbonyl (C=O) groups is 1. The predicted molar refractivity (Wildman–Crippen MR) is 116 cm³/mol. The molecule has 6 nitrogen and oxygen atoms in total. The smallest absolute Gasteiger partial charge is 0.317 e. The molecule has 0 spiro atoms. The number of likely N-dealkylation sites (tertiary alicyclic amines) is 1. The fraction of sp³-hybridized carbons (Fsp3) is 0.739. The van der Waals surface area contributed by atoms with Gasteiger partial charge in [-0.2, -0.15) is 0 Å². The molecule has 3 heterocycles. The van der Waals surface area contributed by atoms with E-state index in [0.29, 0.717) is 12.0 Å². The number of piperidine rings is 1. The predicted octanol–water partition coefficient (Wildman–Crippen LogP) is 2.52. The molecule has 0 unspecified atom stereocenters. The molecule has 3 aliphatic rings. The lowest BCUT2D eigenvalue weighted by Gasteiger charge is -2.44. The number of urea groups is 1. The summed E-state index contributed by atoms with van der Waals surface area (Å²) in [7, 11) is 2.20. The molecule has 1 aliphatic carbocycles. The van der Waals surface area contributed by atoms with Crippen LogP contribution in [0.1, 0.15) is 49.6 Å². The second-order valence-corrected chi connectivity index (χ2v) is 9.65. The molecule has 1 aromatic heterocycles. The van der Waals surface area contributed by atoms with Gasteiger partial charge in [-0.05, 0) is 62.6 Å². The van der Waals surface area contributed by atoms with Crippen molar-refractivity contribution < 1.29 is 4.79 Å². The van der Waals surface area contributed by atoms with Crippen molar-refractivity contribution in [2.24, 2.45) is 5.41 Å². The van der Waals surface area contributed by atoms with Gasteiger partial charge < -0.3 is 20.0 Å². The molecule has 0 atom stereocenters. The number of hydrogen-bond acceptors (Lipinski definition) is 4. The maximum atomic E-state index is 12.7. The van der Waals surface area contributed by atoms with E-state index in [1.54, 1.807) is 0 Å². The number of likely N-dealkylation sites (N-methyl/N-ethyl adjacent to an activating group) is 1. The van der Waals surface area contributed by atoms with Crippen molar-refractivity contribution in [3.05, 3.63) is 29.1 Å². The SMILES string of the molecule is CN1CCN(CC2(C)CCN(C(=O)NCc3ccc4c(n3)CCCC4)CC2)CC1. The number of piperazine rings is 1. The van der Waals surface area contributed by atoms with E-state index in [1.165, 1.54) is 50.3 Å². The number of nitrogens with one attached hydrogen (secondary N) is 1. The molecular weight excluding hydrogens is 362 g/mol. The first kappa shape index (κ1) is 20.6. The Bertz CT molecular complexity index is 705. The average Bonchev–Trinajstić information content (AvgIpc) is 2.74. The molecular formula is C23H37N5O. The van der Waals surface area contributed by atoms with Crippen molar-refractivity contribution >= 4 is 6.03 Å². The van der Waals surface area contributed by atoms with Gasteiger partial charge in [0.2, 0.25) is 0 Å². The summed E-state index contributed by atoms with van der Waals surface area (Å²) in [5.41, 5.74) is 3.94. The number of pyridine rings is 1. The third-order valence-electron chi connectivity index (χ3n) is 7.12. The highest BCUT2D eigenvalue weighted by Crippen LogP contribution is 2.32. The van der Waals surface area contributed by atoms with Gasteiger partial charge in [0.15, 0.2) is 0 Å². The van der Waals surface area contributed by atoms with E-state index in [-0.39, 0.29) is 6.03 Å². The Morgan fingerprint density at radius 3 is 2.55 bits per heavy atom. The summed E-state index contributed by atoms with van der Waals surface area (Å²) in [5, 5.41) is 3.10. The lowest BCUT2D eigenvalue weighted by atomic mass is 9.80. The van der Waals surface area contributed by atoms with Crippen molar-refractivity contribution in [2.45, 2.75) is 52.0 Å². The highest BCUT2D eigenvalue weighted by atomic mass is 16.2. The molecule has 29 heavy (non-hydrogen) atoms. The number of aryl methyl sites for hydroxylation is 2. The minimum atomic E-state index is 0.0613. The molecule has 0 radical (unpaired) electrons. The topological polar surface area (TPSA) is 51.7 Å². The second kappa shape index (κ2) is 9.00. The first-order valence-corrected chi connectivity index (χ1v) is 11.4. The van der Waals surface area contributed by atoms with Crippen molar-refractivity contribution in [1.29, 1.82) is 0 Å². The van der Waals surface area contributed by atoms with Crippen LogP contribution in [0.2, 0.25) is 0 Å². The maximum absolute atomic E-state index is 12.7. The molecule has 2 aliphatic heterocycles. The summed E-state index contributed by atoms with van der Waals surface area (Å²) in [6.07, 6.45) is 6.91. The zero-order chi connectivity index (χ0) is 20.3. The molecule has 4 rings (SSSR count). The standard InChI is InChI=1S/C23H37N5O/c1-23(18-27-15-13-26(2)14-16-27)9-11-28(12-10-23)22(29)24-17-20-8-7-19-5-3-4-6-21(19)25-20/h7-8H,3-6,9-18H2,1-2H3,(H,24,29). The summed E-state index contributed by atoms with van der Waals surface area (Å²) in [6, 6.07) is 4.34. The van der Waals surface area contributed by atoms with E-state index in [2.05, 4.69) is 41.2 Å². The van der Waals surface area contributed by atoms with Crippen molar-refractivity contribution in [3.63, 3.8) is 0 Å². The lowest BCUT2D eigenvalue weighted by molar-refractivity contribution is 0.0628. The molecule has 2 saturated heterocycles. The van der Waals surface area contributed by atoms with Gasteiger partial charge in [-0.15, -0.1) is 0 Å². The summed E-state index contributed by atoms with van der Waals surface area (Å²) in [6.45, 7) is 10.5. The van der Waals surface area contributed by atoms with Crippen LogP contribution in [0.5, 0.6) is 0 Å². The van der Waals surface area contributed by atoms with Crippen LogP contribution >= 0.6 is 0 Å². The van der Waals surface area contributed by atoms with E-state index < -0.39 is 0 Å². The Hall–Kier alpha value is -1.66. The zero-order valence-corrected chi connectivity index (χ0v) is 18.3. The van der Waals surface area contributed by atoms with Gasteiger partial charge in [0.1, 0.15) is 0 Å². The molecule has 1 aromatic rings. The summed E-state index contributed by atoms with van der Waals surface area (Å²) >= 11 is 0. The average molecular weight is 400 g/mol. The van der Waals surface area contributed by atoms with Crippen LogP contribution in [0.4, 0.5) is 4.79 Å². The van der Waals surface area contributed by atoms with Crippen LogP contribution in [-0.4, -0.2) is 78.6 Å². The quantitative estimate of drug-likeness (QED) is 0.845. The largest absolute Gasteiger partial charge is 0.332 e. The number of nitrogens with zero attached hydrogens (tertiary/aromatic N) is 4. The van der Waals surface area contributed by atoms with Crippen LogP contribution in [0.25, 0.3) is 0 Å². The number of aromatic nitrogens is 1. The van der Waals surface area contributed by atoms with Gasteiger partial charge in [-0.1, -0.05) is 13.0 Å². The fourth-order valence-electron chi connectivity index (χ4n) is 4.96. The maximum Gasteiger partial charge on any atom is 0.317 e. The van der Waals surface area contributed by atoms with Crippen LogP contribution in [0.15, 0.2) is 12.1 Å². The van der Waals surface area contributed by atoms with E-state index in [0.717, 1.165) is 51.0 Å². The second-order valence-electron chi connectivity index (χ2n) is 9.65. The fourth-order valence-corrected chi connectivity index (χ4v) is 4.96. The molecule has 2 amide bonds. The van der Waals surface area contributed by atoms with Gasteiger partial charge in [-0.25, -0.2) is 4.79 Å². The summed E-state index contributed by atoms with van der Waals surface area (Å²) < 4.78 is 0. The molecule has 160 valence electrons. The molecule has 0 bridgehead atoms. The third kappa shape index (κ3) is 5.28. The number of amides is 2. The Kier molecular flexibility index (Phi) is 6.40. The van der Waals surface area contributed by atoms with Crippen molar-refractivity contribution in [2.75, 3.05) is 52.9 Å². The Morgan fingerprint density at radius 2 is 1.79 bits per heavy atom. The first-order chi connectivity index (χ1) is 14.0. The molecule has 1 N–H and O–H groups in total. The van der Waals surface area contributed by atoms with Crippen molar-refractivity contribution in [3.8, 4) is 0 Å². The molecule has 0 aromatic carbocycles. The molecule has 2 fully saturated rings. The molecule has 0 saturated carbocycles. The van der Waals surface area contributed by atoms with E-state index in [9.17, 15) is 4.79 Å². The highest BCUT2D eigenvalue weighted by Gasteiger charge is 2.34. The summed E-state index contributed by atoms with van der Waals surface area (Å²) in [4.78, 5) is 24.5. The molecule has 6 heteroatoms. The van der Waals surface area contributed by atoms with Crippen molar-refractivity contribution in [1.82, 2.24) is 25.0 Å². The highest BCUT2D eigenvalue weighted by molar-refractivity contribution is 5.74. The van der Waals surface area contributed by atoms with E-state index in [4.69, 9.17) is 4.98 Å². The van der Waals surface area contributed by atoms with Gasteiger partial charge in [-0.3, -0.25) is 4.98 Å². The van der Waals surface area contributed by atoms with Crippen LogP contribution in [0.3, 0.4) is 0 Å². The van der Waals surface area contributed by atoms with Gasteiger partial charge in [0.05, 0.1) is 12.2 Å². The van der Waals surface area contributed by atoms with Crippen LogP contribution in [-0.2, 0) is 19.4 Å². The number of carbonyl (C=O) groups excluding carboxylic acids is 1. The lowest BCUT2D eigenvalue weighted by Crippen LogP contribution is -2.52. The van der Waals surface area contributed by atoms with Gasteiger partial charge in [0, 0.05) is 51.5 Å². The minimum absolute atomic E-state index is 0.0613. The monoisotopic (exact) mass is 399 g/mol. The third-order valence-corrected chi connectivity index (χ3v) is 7.12. The Labute approximate surface area is 175 Å². The van der Waals surface area contributed by atoms with Gasteiger partial charge >= 0.3 is 6.03 Å². The Morgan fingerprint density at radius 1 is 1.07 bits per heavy atom. The number of rotatable bonds is 4. The normalized spacial score (nSPS) is 22.9. The van der Waals surface area contributed by atoms with E-state index >= 15 is 0 Å². The Balaban J connectivity index is 1.23. The zero-order valence-electron chi connectivity index (χ0n) is 18.3. The van der Waals surface area contributed by atoms with Crippen LogP contribution < -0.4 is 5.32 Å².